The van der Waals surface area contributed by atoms with Crippen molar-refractivity contribution in [2.45, 2.75) is 41.5 Å². The van der Waals surface area contributed by atoms with Crippen LogP contribution in [0.15, 0.2) is 154 Å². The third-order valence-corrected chi connectivity index (χ3v) is 13.0. The monoisotopic (exact) mass is 812 g/mol. The summed E-state index contributed by atoms with van der Waals surface area (Å²) in [6.45, 7) is 12.8. The summed E-state index contributed by atoms with van der Waals surface area (Å²) in [6.07, 6.45) is 0. The van der Waals surface area contributed by atoms with E-state index in [4.69, 9.17) is 8.83 Å². The molecule has 0 fully saturated rings. The van der Waals surface area contributed by atoms with Gasteiger partial charge >= 0.3 is 0 Å². The molecule has 0 atom stereocenters. The molecule has 302 valence electrons. The van der Waals surface area contributed by atoms with Crippen molar-refractivity contribution in [3.63, 3.8) is 0 Å². The molecule has 0 saturated heterocycles. The molecule has 9 aromatic carbocycles. The number of anilines is 6. The van der Waals surface area contributed by atoms with Gasteiger partial charge in [0.1, 0.15) is 34.0 Å². The Balaban J connectivity index is 1.04. The molecule has 0 saturated carbocycles. The van der Waals surface area contributed by atoms with Gasteiger partial charge in [0.25, 0.3) is 0 Å². The van der Waals surface area contributed by atoms with Crippen molar-refractivity contribution in [3.8, 4) is 0 Å². The highest BCUT2D eigenvalue weighted by Gasteiger charge is 2.22. The molecule has 6 heteroatoms. The van der Waals surface area contributed by atoms with Gasteiger partial charge in [-0.3, -0.25) is 0 Å². The molecule has 0 N–H and O–H groups in total. The normalized spacial score (nSPS) is 11.9. The zero-order chi connectivity index (χ0) is 42.6. The van der Waals surface area contributed by atoms with Crippen molar-refractivity contribution >= 4 is 99.5 Å². The van der Waals surface area contributed by atoms with E-state index in [1.54, 1.807) is 0 Å². The third kappa shape index (κ3) is 5.93. The van der Waals surface area contributed by atoms with E-state index in [0.29, 0.717) is 0 Å². The summed E-state index contributed by atoms with van der Waals surface area (Å²) in [7, 11) is 0. The highest BCUT2D eigenvalue weighted by molar-refractivity contribution is 6.27. The minimum Gasteiger partial charge on any atom is -0.455 e. The fraction of sp³-hybridized carbons (Fsp3) is 0.107. The Morgan fingerprint density at radius 2 is 0.726 bits per heavy atom. The molecule has 62 heavy (non-hydrogen) atoms. The van der Waals surface area contributed by atoms with Crippen LogP contribution in [0.25, 0.3) is 65.4 Å². The van der Waals surface area contributed by atoms with Crippen LogP contribution in [0.1, 0.15) is 33.4 Å². The van der Waals surface area contributed by atoms with Crippen molar-refractivity contribution in [1.29, 1.82) is 0 Å². The van der Waals surface area contributed by atoms with Gasteiger partial charge in [0.15, 0.2) is 0 Å². The molecule has 0 amide bonds. The summed E-state index contributed by atoms with van der Waals surface area (Å²) in [5.74, 6) is -0.545. The minimum absolute atomic E-state index is 0.272. The number of furan rings is 2. The van der Waals surface area contributed by atoms with Crippen LogP contribution < -0.4 is 9.80 Å². The second-order valence-electron chi connectivity index (χ2n) is 16.7. The number of halogens is 2. The predicted molar refractivity (Wildman–Crippen MR) is 254 cm³/mol. The van der Waals surface area contributed by atoms with E-state index < -0.39 is 0 Å². The Morgan fingerprint density at radius 3 is 1.21 bits per heavy atom. The smallest absolute Gasteiger partial charge is 0.147 e. The van der Waals surface area contributed by atoms with Gasteiger partial charge in [0, 0.05) is 61.1 Å². The lowest BCUT2D eigenvalue weighted by atomic mass is 10.0. The third-order valence-electron chi connectivity index (χ3n) is 13.0. The van der Waals surface area contributed by atoms with Crippen molar-refractivity contribution < 1.29 is 17.6 Å². The number of aryl methyl sites for hydroxylation is 4. The number of benzene rings is 9. The summed E-state index contributed by atoms with van der Waals surface area (Å²) >= 11 is 0. The Morgan fingerprint density at radius 1 is 0.339 bits per heavy atom. The molecule has 0 bridgehead atoms. The zero-order valence-corrected chi connectivity index (χ0v) is 35.3. The first kappa shape index (κ1) is 37.6. The van der Waals surface area contributed by atoms with Gasteiger partial charge in [-0.15, -0.1) is 0 Å². The Labute approximate surface area is 357 Å². The van der Waals surface area contributed by atoms with Gasteiger partial charge in [-0.1, -0.05) is 12.1 Å². The van der Waals surface area contributed by atoms with Crippen molar-refractivity contribution in [2.24, 2.45) is 0 Å². The first-order valence-electron chi connectivity index (χ1n) is 20.9. The molecule has 0 aliphatic rings. The van der Waals surface area contributed by atoms with Crippen LogP contribution in [0.2, 0.25) is 0 Å². The lowest BCUT2D eigenvalue weighted by molar-refractivity contribution is 0.627. The SMILES string of the molecule is Cc1cc(N(c2ccc(F)cc2)c2ccc3c(ccc4c5ccc6oc7c8ccc(N(c9ccc(F)cc9)c9cc(C)c(C)c(C)c9)cc8ccc7c6c5oc34)c2)cc(C)c1C. The molecular formula is C56H42F2N2O2. The lowest BCUT2D eigenvalue weighted by Gasteiger charge is -2.27. The van der Waals surface area contributed by atoms with Gasteiger partial charge < -0.3 is 18.6 Å². The number of hydrogen-bond acceptors (Lipinski definition) is 4. The Hall–Kier alpha value is -7.44. The van der Waals surface area contributed by atoms with Crippen LogP contribution in [0, 0.1) is 53.2 Å². The fourth-order valence-corrected chi connectivity index (χ4v) is 9.28. The molecule has 2 aromatic heterocycles. The minimum atomic E-state index is -0.273. The topological polar surface area (TPSA) is 32.8 Å². The van der Waals surface area contributed by atoms with Gasteiger partial charge in [-0.05, 0) is 219 Å². The number of rotatable bonds is 6. The van der Waals surface area contributed by atoms with Crippen LogP contribution in [-0.4, -0.2) is 0 Å². The highest BCUT2D eigenvalue weighted by Crippen LogP contribution is 2.45. The number of nitrogens with zero attached hydrogens (tertiary/aromatic N) is 2. The molecule has 0 spiro atoms. The maximum atomic E-state index is 14.2. The second kappa shape index (κ2) is 14.1. The number of fused-ring (bicyclic) bond motifs is 11. The van der Waals surface area contributed by atoms with Gasteiger partial charge in [0.05, 0.1) is 5.39 Å². The van der Waals surface area contributed by atoms with E-state index in [0.717, 1.165) is 99.5 Å². The van der Waals surface area contributed by atoms with E-state index in [1.165, 1.54) is 57.6 Å². The Kier molecular flexibility index (Phi) is 8.52. The van der Waals surface area contributed by atoms with Crippen molar-refractivity contribution in [3.05, 3.63) is 191 Å². The van der Waals surface area contributed by atoms with Crippen molar-refractivity contribution in [2.75, 3.05) is 9.80 Å². The maximum Gasteiger partial charge on any atom is 0.147 e. The highest BCUT2D eigenvalue weighted by atomic mass is 19.1. The van der Waals surface area contributed by atoms with Crippen molar-refractivity contribution in [1.82, 2.24) is 0 Å². The Bertz CT molecular complexity index is 3570. The van der Waals surface area contributed by atoms with Gasteiger partial charge in [-0.25, -0.2) is 8.78 Å². The molecule has 4 nitrogen and oxygen atoms in total. The van der Waals surface area contributed by atoms with E-state index >= 15 is 0 Å². The molecular weight excluding hydrogens is 771 g/mol. The molecule has 0 unspecified atom stereocenters. The molecule has 0 aliphatic heterocycles. The van der Waals surface area contributed by atoms with E-state index in [-0.39, 0.29) is 11.6 Å². The second-order valence-corrected chi connectivity index (χ2v) is 16.7. The van der Waals surface area contributed by atoms with E-state index in [1.807, 2.05) is 30.3 Å². The van der Waals surface area contributed by atoms with Crippen LogP contribution in [0.3, 0.4) is 0 Å². The van der Waals surface area contributed by atoms with E-state index in [2.05, 4.69) is 142 Å². The van der Waals surface area contributed by atoms with Crippen LogP contribution in [0.4, 0.5) is 42.9 Å². The number of hydrogen-bond donors (Lipinski definition) is 0. The standard InChI is InChI=1S/C56H42F2N2O2/c1-31-25-45(26-32(2)35(31)5)59(41-13-9-39(57)10-14-41)43-17-21-47-37(29-43)7-19-49-50-23-24-52-53(56(50)62-54(47)49)51-20-8-38-30-44(18-22-48(38)55(51)61-52)60(42-15-11-40(58)12-16-42)46-27-33(3)36(6)34(4)28-46/h7-30H,1-6H3. The first-order valence-corrected chi connectivity index (χ1v) is 20.9. The van der Waals surface area contributed by atoms with Gasteiger partial charge in [0.2, 0.25) is 0 Å². The summed E-state index contributed by atoms with van der Waals surface area (Å²) in [4.78, 5) is 4.36. The predicted octanol–water partition coefficient (Wildman–Crippen LogP) is 16.9. The maximum absolute atomic E-state index is 14.2. The van der Waals surface area contributed by atoms with Crippen LogP contribution in [-0.2, 0) is 0 Å². The van der Waals surface area contributed by atoms with Gasteiger partial charge in [-0.2, -0.15) is 0 Å². The summed E-state index contributed by atoms with van der Waals surface area (Å²) < 4.78 is 41.9. The fourth-order valence-electron chi connectivity index (χ4n) is 9.28. The summed E-state index contributed by atoms with van der Waals surface area (Å²) in [5.41, 5.74) is 16.2. The van der Waals surface area contributed by atoms with E-state index in [9.17, 15) is 8.78 Å². The average molecular weight is 813 g/mol. The molecule has 11 rings (SSSR count). The lowest BCUT2D eigenvalue weighted by Crippen LogP contribution is -2.11. The zero-order valence-electron chi connectivity index (χ0n) is 35.3. The quantitative estimate of drug-likeness (QED) is 0.167. The summed E-state index contributed by atoms with van der Waals surface area (Å²) in [5, 5.41) is 8.02. The first-order chi connectivity index (χ1) is 30.0. The largest absolute Gasteiger partial charge is 0.455 e. The summed E-state index contributed by atoms with van der Waals surface area (Å²) in [6, 6.07) is 47.6. The molecule has 0 aliphatic carbocycles. The molecule has 11 aromatic rings. The van der Waals surface area contributed by atoms with Crippen LogP contribution >= 0.6 is 0 Å². The molecule has 2 heterocycles. The average Bonchev–Trinajstić information content (AvgIpc) is 3.85. The van der Waals surface area contributed by atoms with Crippen LogP contribution in [0.5, 0.6) is 0 Å². The molecule has 0 radical (unpaired) electrons.